The fraction of sp³-hybridized carbons (Fsp3) is 0.143. The lowest BCUT2D eigenvalue weighted by atomic mass is 9.92. The Bertz CT molecular complexity index is 1190. The second-order valence-corrected chi connectivity index (χ2v) is 6.97. The normalized spacial score (nSPS) is 15.1. The van der Waals surface area contributed by atoms with Gasteiger partial charge in [0.2, 0.25) is 17.8 Å². The van der Waals surface area contributed by atoms with Crippen LogP contribution in [-0.4, -0.2) is 21.8 Å². The molecule has 9 heteroatoms. The Morgan fingerprint density at radius 2 is 1.90 bits per heavy atom. The fourth-order valence-electron chi connectivity index (χ4n) is 3.28. The maximum atomic E-state index is 13.1. The molecule has 1 aliphatic rings. The van der Waals surface area contributed by atoms with E-state index in [1.54, 1.807) is 18.2 Å². The van der Waals surface area contributed by atoms with Gasteiger partial charge >= 0.3 is 0 Å². The summed E-state index contributed by atoms with van der Waals surface area (Å²) in [6.07, 6.45) is -0.167. The summed E-state index contributed by atoms with van der Waals surface area (Å²) in [6.45, 7) is 1.89. The van der Waals surface area contributed by atoms with Crippen LogP contribution in [0.4, 0.5) is 27.5 Å². The number of amides is 2. The number of carbonyl (C=O) groups is 2. The quantitative estimate of drug-likeness (QED) is 0.531. The Morgan fingerprint density at radius 3 is 2.63 bits per heavy atom. The summed E-state index contributed by atoms with van der Waals surface area (Å²) in [5.74, 6) is -2.19. The second-order valence-electron chi connectivity index (χ2n) is 6.97. The van der Waals surface area contributed by atoms with Crippen molar-refractivity contribution in [1.29, 1.82) is 0 Å². The molecule has 2 heterocycles. The van der Waals surface area contributed by atoms with Crippen LogP contribution < -0.4 is 21.5 Å². The van der Waals surface area contributed by atoms with E-state index < -0.39 is 29.1 Å². The van der Waals surface area contributed by atoms with Crippen LogP contribution in [-0.2, 0) is 9.59 Å². The van der Waals surface area contributed by atoms with Gasteiger partial charge < -0.3 is 16.0 Å². The molecule has 0 spiro atoms. The molecule has 0 fully saturated rings. The minimum absolute atomic E-state index is 0.0176. The number of carbonyl (C=O) groups excluding carboxylic acids is 2. The third-order valence-electron chi connectivity index (χ3n) is 4.66. The SMILES string of the molecule is Cc1cccc(NC(=O)[C@@H]2CC(=O)Nc3nc(Nc4ccc(F)cc4)[nH]c(=O)c32)c1. The van der Waals surface area contributed by atoms with Gasteiger partial charge in [0.15, 0.2) is 0 Å². The second kappa shape index (κ2) is 7.78. The number of halogens is 1. The molecule has 2 amide bonds. The van der Waals surface area contributed by atoms with Gasteiger partial charge in [0.25, 0.3) is 5.56 Å². The van der Waals surface area contributed by atoms with Gasteiger partial charge in [-0.3, -0.25) is 19.4 Å². The highest BCUT2D eigenvalue weighted by molar-refractivity contribution is 6.04. The predicted molar refractivity (Wildman–Crippen MR) is 110 cm³/mol. The summed E-state index contributed by atoms with van der Waals surface area (Å²) >= 11 is 0. The van der Waals surface area contributed by atoms with Crippen LogP contribution in [0.1, 0.15) is 23.5 Å². The van der Waals surface area contributed by atoms with Gasteiger partial charge in [0, 0.05) is 17.8 Å². The minimum atomic E-state index is -0.981. The van der Waals surface area contributed by atoms with E-state index in [4.69, 9.17) is 0 Å². The van der Waals surface area contributed by atoms with Crippen LogP contribution in [0.15, 0.2) is 53.3 Å². The number of aromatic amines is 1. The number of anilines is 4. The van der Waals surface area contributed by atoms with Crippen LogP contribution in [0.25, 0.3) is 0 Å². The highest BCUT2D eigenvalue weighted by Gasteiger charge is 2.34. The van der Waals surface area contributed by atoms with E-state index in [1.165, 1.54) is 24.3 Å². The van der Waals surface area contributed by atoms with Gasteiger partial charge in [0.1, 0.15) is 11.6 Å². The molecule has 4 N–H and O–H groups in total. The zero-order chi connectivity index (χ0) is 21.3. The van der Waals surface area contributed by atoms with E-state index in [9.17, 15) is 18.8 Å². The summed E-state index contributed by atoms with van der Waals surface area (Å²) in [5.41, 5.74) is 1.57. The van der Waals surface area contributed by atoms with E-state index in [2.05, 4.69) is 25.9 Å². The number of aromatic nitrogens is 2. The van der Waals surface area contributed by atoms with Crippen LogP contribution in [0.2, 0.25) is 0 Å². The molecule has 2 aromatic carbocycles. The number of nitrogens with one attached hydrogen (secondary N) is 4. The Balaban J connectivity index is 1.63. The lowest BCUT2D eigenvalue weighted by Gasteiger charge is -2.23. The molecule has 30 heavy (non-hydrogen) atoms. The number of H-pyrrole nitrogens is 1. The number of benzene rings is 2. The first-order chi connectivity index (χ1) is 14.4. The third-order valence-corrected chi connectivity index (χ3v) is 4.66. The first-order valence-corrected chi connectivity index (χ1v) is 9.23. The van der Waals surface area contributed by atoms with Crippen molar-refractivity contribution < 1.29 is 14.0 Å². The fourth-order valence-corrected chi connectivity index (χ4v) is 3.28. The molecule has 8 nitrogen and oxygen atoms in total. The lowest BCUT2D eigenvalue weighted by Crippen LogP contribution is -2.36. The molecule has 4 rings (SSSR count). The Hall–Kier alpha value is -4.01. The van der Waals surface area contributed by atoms with E-state index >= 15 is 0 Å². The van der Waals surface area contributed by atoms with Crippen molar-refractivity contribution in [3.8, 4) is 0 Å². The number of aryl methyl sites for hydroxylation is 1. The van der Waals surface area contributed by atoms with E-state index in [1.807, 2.05) is 13.0 Å². The van der Waals surface area contributed by atoms with E-state index in [0.717, 1.165) is 5.56 Å². The summed E-state index contributed by atoms with van der Waals surface area (Å²) in [7, 11) is 0. The van der Waals surface area contributed by atoms with Crippen LogP contribution in [0.3, 0.4) is 0 Å². The van der Waals surface area contributed by atoms with Gasteiger partial charge in [-0.05, 0) is 48.9 Å². The number of rotatable bonds is 4. The zero-order valence-corrected chi connectivity index (χ0v) is 16.0. The highest BCUT2D eigenvalue weighted by Crippen LogP contribution is 2.30. The van der Waals surface area contributed by atoms with Gasteiger partial charge in [-0.25, -0.2) is 4.39 Å². The van der Waals surface area contributed by atoms with Crippen molar-refractivity contribution in [2.45, 2.75) is 19.3 Å². The average molecular weight is 407 g/mol. The van der Waals surface area contributed by atoms with E-state index in [-0.39, 0.29) is 23.8 Å². The maximum Gasteiger partial charge on any atom is 0.258 e. The Kier molecular flexibility index (Phi) is 5.01. The lowest BCUT2D eigenvalue weighted by molar-refractivity contribution is -0.123. The topological polar surface area (TPSA) is 116 Å². The van der Waals surface area contributed by atoms with Crippen molar-refractivity contribution in [3.05, 3.63) is 75.8 Å². The van der Waals surface area contributed by atoms with E-state index in [0.29, 0.717) is 11.4 Å². The van der Waals surface area contributed by atoms with Crippen molar-refractivity contribution in [1.82, 2.24) is 9.97 Å². The maximum absolute atomic E-state index is 13.1. The molecular formula is C21H18FN5O3. The van der Waals surface area contributed by atoms with Crippen LogP contribution in [0, 0.1) is 12.7 Å². The number of hydrogen-bond acceptors (Lipinski definition) is 5. The number of fused-ring (bicyclic) bond motifs is 1. The van der Waals surface area contributed by atoms with Crippen LogP contribution in [0.5, 0.6) is 0 Å². The molecule has 1 aliphatic heterocycles. The summed E-state index contributed by atoms with van der Waals surface area (Å²) in [5, 5.41) is 8.14. The van der Waals surface area contributed by atoms with Crippen molar-refractivity contribution in [3.63, 3.8) is 0 Å². The first kappa shape index (κ1) is 19.3. The molecule has 0 saturated carbocycles. The highest BCUT2D eigenvalue weighted by atomic mass is 19.1. The Morgan fingerprint density at radius 1 is 1.13 bits per heavy atom. The molecule has 1 aromatic heterocycles. The minimum Gasteiger partial charge on any atom is -0.326 e. The first-order valence-electron chi connectivity index (χ1n) is 9.23. The van der Waals surface area contributed by atoms with Gasteiger partial charge in [-0.2, -0.15) is 4.98 Å². The van der Waals surface area contributed by atoms with Gasteiger partial charge in [-0.1, -0.05) is 12.1 Å². The molecular weight excluding hydrogens is 389 g/mol. The number of hydrogen-bond donors (Lipinski definition) is 4. The number of nitrogens with zero attached hydrogens (tertiary/aromatic N) is 1. The monoisotopic (exact) mass is 407 g/mol. The summed E-state index contributed by atoms with van der Waals surface area (Å²) in [6, 6.07) is 12.7. The Labute approximate surface area is 170 Å². The van der Waals surface area contributed by atoms with Gasteiger partial charge in [-0.15, -0.1) is 0 Å². The molecule has 0 aliphatic carbocycles. The van der Waals surface area contributed by atoms with Crippen molar-refractivity contribution >= 4 is 35.0 Å². The van der Waals surface area contributed by atoms with Crippen LogP contribution >= 0.6 is 0 Å². The standard InChI is InChI=1S/C21H18FN5O3/c1-11-3-2-4-14(9-11)23-19(29)15-10-16(28)25-18-17(15)20(30)27-21(26-18)24-13-7-5-12(22)6-8-13/h2-9,15H,10H2,1H3,(H,23,29)(H3,24,25,26,27,28,30)/t15-/m1/s1. The molecule has 0 bridgehead atoms. The molecule has 1 atom stereocenters. The molecule has 0 saturated heterocycles. The summed E-state index contributed by atoms with van der Waals surface area (Å²) < 4.78 is 13.1. The molecule has 0 radical (unpaired) electrons. The largest absolute Gasteiger partial charge is 0.326 e. The molecule has 152 valence electrons. The smallest absolute Gasteiger partial charge is 0.258 e. The zero-order valence-electron chi connectivity index (χ0n) is 16.0. The third kappa shape index (κ3) is 4.04. The van der Waals surface area contributed by atoms with Crippen molar-refractivity contribution in [2.75, 3.05) is 16.0 Å². The predicted octanol–water partition coefficient (Wildman–Crippen LogP) is 3.03. The molecule has 0 unspecified atom stereocenters. The van der Waals surface area contributed by atoms with Gasteiger partial charge in [0.05, 0.1) is 11.5 Å². The summed E-state index contributed by atoms with van der Waals surface area (Å²) in [4.78, 5) is 44.5. The average Bonchev–Trinajstić information content (AvgIpc) is 2.69. The van der Waals surface area contributed by atoms with Crippen molar-refractivity contribution in [2.24, 2.45) is 0 Å². The molecule has 3 aromatic rings.